The molecule has 2 rings (SSSR count). The van der Waals surface area contributed by atoms with Crippen LogP contribution in [-0.2, 0) is 10.0 Å². The maximum absolute atomic E-state index is 12.4. The van der Waals surface area contributed by atoms with Gasteiger partial charge >= 0.3 is 0 Å². The van der Waals surface area contributed by atoms with E-state index in [1.54, 1.807) is 38.2 Å². The first kappa shape index (κ1) is 18.1. The third kappa shape index (κ3) is 4.62. The fourth-order valence-electron chi connectivity index (χ4n) is 2.17. The second-order valence-corrected chi connectivity index (χ2v) is 7.47. The summed E-state index contributed by atoms with van der Waals surface area (Å²) in [5, 5.41) is 2.82. The predicted octanol–water partition coefficient (Wildman–Crippen LogP) is 2.26. The number of aromatic nitrogens is 1. The molecule has 0 radical (unpaired) electrons. The van der Waals surface area contributed by atoms with Gasteiger partial charge in [0.15, 0.2) is 0 Å². The molecule has 7 heteroatoms. The number of carbonyl (C=O) groups excluding carboxylic acids is 1. The van der Waals surface area contributed by atoms with Crippen LogP contribution < -0.4 is 10.0 Å². The van der Waals surface area contributed by atoms with Gasteiger partial charge < -0.3 is 5.32 Å². The van der Waals surface area contributed by atoms with E-state index in [2.05, 4.69) is 15.0 Å². The van der Waals surface area contributed by atoms with Gasteiger partial charge in [0.1, 0.15) is 0 Å². The van der Waals surface area contributed by atoms with Gasteiger partial charge in [0.05, 0.1) is 16.6 Å². The number of rotatable bonds is 6. The highest BCUT2D eigenvalue weighted by Gasteiger charge is 2.18. The Kier molecular flexibility index (Phi) is 5.69. The highest BCUT2D eigenvalue weighted by Crippen LogP contribution is 2.14. The molecule has 1 atom stereocenters. The van der Waals surface area contributed by atoms with E-state index in [0.717, 1.165) is 5.69 Å². The Bertz CT molecular complexity index is 805. The van der Waals surface area contributed by atoms with Crippen molar-refractivity contribution in [2.45, 2.75) is 37.8 Å². The second kappa shape index (κ2) is 7.55. The lowest BCUT2D eigenvalue weighted by Crippen LogP contribution is -2.31. The summed E-state index contributed by atoms with van der Waals surface area (Å²) in [6, 6.07) is 10.9. The number of amides is 1. The molecule has 0 fully saturated rings. The molecule has 0 spiro atoms. The summed E-state index contributed by atoms with van der Waals surface area (Å²) in [5.74, 6) is -0.352. The summed E-state index contributed by atoms with van der Waals surface area (Å²) in [6.45, 7) is 5.30. The zero-order chi connectivity index (χ0) is 17.7. The maximum atomic E-state index is 12.4. The van der Waals surface area contributed by atoms with Gasteiger partial charge in [0.25, 0.3) is 5.91 Å². The van der Waals surface area contributed by atoms with Crippen LogP contribution in [0.4, 0.5) is 0 Å². The van der Waals surface area contributed by atoms with E-state index in [1.807, 2.05) is 19.1 Å². The summed E-state index contributed by atoms with van der Waals surface area (Å²) in [7, 11) is -3.64. The topological polar surface area (TPSA) is 88.2 Å². The number of hydrogen-bond donors (Lipinski definition) is 2. The monoisotopic (exact) mass is 347 g/mol. The van der Waals surface area contributed by atoms with Crippen molar-refractivity contribution in [2.24, 2.45) is 0 Å². The van der Waals surface area contributed by atoms with Crippen molar-refractivity contribution in [3.63, 3.8) is 0 Å². The molecule has 24 heavy (non-hydrogen) atoms. The number of carbonyl (C=O) groups is 1. The number of pyridine rings is 1. The van der Waals surface area contributed by atoms with Crippen molar-refractivity contribution >= 4 is 15.9 Å². The van der Waals surface area contributed by atoms with E-state index in [0.29, 0.717) is 0 Å². The van der Waals surface area contributed by atoms with Crippen molar-refractivity contribution in [3.05, 3.63) is 59.9 Å². The molecule has 0 aliphatic rings. The van der Waals surface area contributed by atoms with Crippen LogP contribution in [0.2, 0.25) is 0 Å². The molecular weight excluding hydrogens is 326 g/mol. The van der Waals surface area contributed by atoms with Gasteiger partial charge in [0.2, 0.25) is 10.0 Å². The van der Waals surface area contributed by atoms with Crippen molar-refractivity contribution < 1.29 is 13.2 Å². The SMILES string of the molecule is CC(C)NS(=O)(=O)c1cccc(C(=O)NC(C)c2ccccn2)c1. The molecule has 0 aliphatic carbocycles. The third-order valence-electron chi connectivity index (χ3n) is 3.28. The Balaban J connectivity index is 2.18. The Hall–Kier alpha value is -2.25. The van der Waals surface area contributed by atoms with Crippen LogP contribution in [0.15, 0.2) is 53.6 Å². The van der Waals surface area contributed by atoms with Gasteiger partial charge in [-0.25, -0.2) is 13.1 Å². The van der Waals surface area contributed by atoms with Crippen molar-refractivity contribution in [1.82, 2.24) is 15.0 Å². The number of nitrogens with zero attached hydrogens (tertiary/aromatic N) is 1. The molecule has 1 unspecified atom stereocenters. The Morgan fingerprint density at radius 1 is 1.08 bits per heavy atom. The third-order valence-corrected chi connectivity index (χ3v) is 4.93. The van der Waals surface area contributed by atoms with Gasteiger partial charge in [-0.1, -0.05) is 12.1 Å². The minimum atomic E-state index is -3.64. The molecule has 1 aromatic heterocycles. The first-order chi connectivity index (χ1) is 11.3. The van der Waals surface area contributed by atoms with Crippen LogP contribution >= 0.6 is 0 Å². The predicted molar refractivity (Wildman–Crippen MR) is 92.0 cm³/mol. The summed E-state index contributed by atoms with van der Waals surface area (Å²) >= 11 is 0. The Morgan fingerprint density at radius 2 is 1.83 bits per heavy atom. The van der Waals surface area contributed by atoms with Gasteiger partial charge in [-0.15, -0.1) is 0 Å². The number of sulfonamides is 1. The quantitative estimate of drug-likeness (QED) is 0.839. The normalized spacial score (nSPS) is 12.8. The van der Waals surface area contributed by atoms with E-state index < -0.39 is 10.0 Å². The van der Waals surface area contributed by atoms with Crippen LogP contribution in [0.5, 0.6) is 0 Å². The first-order valence-electron chi connectivity index (χ1n) is 7.64. The van der Waals surface area contributed by atoms with E-state index in [-0.39, 0.29) is 28.4 Å². The zero-order valence-corrected chi connectivity index (χ0v) is 14.7. The molecule has 1 amide bonds. The molecule has 2 N–H and O–H groups in total. The lowest BCUT2D eigenvalue weighted by atomic mass is 10.1. The number of benzene rings is 1. The average molecular weight is 347 g/mol. The van der Waals surface area contributed by atoms with E-state index in [4.69, 9.17) is 0 Å². The van der Waals surface area contributed by atoms with Gasteiger partial charge in [-0.3, -0.25) is 9.78 Å². The fourth-order valence-corrected chi connectivity index (χ4v) is 3.47. The van der Waals surface area contributed by atoms with Crippen LogP contribution in [0.25, 0.3) is 0 Å². The molecule has 2 aromatic rings. The van der Waals surface area contributed by atoms with E-state index >= 15 is 0 Å². The highest BCUT2D eigenvalue weighted by molar-refractivity contribution is 7.89. The molecule has 6 nitrogen and oxygen atoms in total. The van der Waals surface area contributed by atoms with Gasteiger partial charge in [-0.05, 0) is 51.1 Å². The summed E-state index contributed by atoms with van der Waals surface area (Å²) in [4.78, 5) is 16.6. The minimum absolute atomic E-state index is 0.0642. The lowest BCUT2D eigenvalue weighted by Gasteiger charge is -2.14. The van der Waals surface area contributed by atoms with Crippen LogP contribution in [0, 0.1) is 0 Å². The first-order valence-corrected chi connectivity index (χ1v) is 9.12. The van der Waals surface area contributed by atoms with E-state index in [1.165, 1.54) is 12.1 Å². The van der Waals surface area contributed by atoms with E-state index in [9.17, 15) is 13.2 Å². The molecular formula is C17H21N3O3S. The Labute approximate surface area is 142 Å². The fraction of sp³-hybridized carbons (Fsp3) is 0.294. The Morgan fingerprint density at radius 3 is 2.46 bits per heavy atom. The molecule has 0 saturated heterocycles. The zero-order valence-electron chi connectivity index (χ0n) is 13.9. The van der Waals surface area contributed by atoms with Crippen molar-refractivity contribution in [3.8, 4) is 0 Å². The number of hydrogen-bond acceptors (Lipinski definition) is 4. The molecule has 0 bridgehead atoms. The smallest absolute Gasteiger partial charge is 0.251 e. The second-order valence-electron chi connectivity index (χ2n) is 5.75. The lowest BCUT2D eigenvalue weighted by molar-refractivity contribution is 0.0939. The largest absolute Gasteiger partial charge is 0.344 e. The average Bonchev–Trinajstić information content (AvgIpc) is 2.54. The van der Waals surface area contributed by atoms with Crippen molar-refractivity contribution in [1.29, 1.82) is 0 Å². The summed E-state index contributed by atoms with van der Waals surface area (Å²) in [5.41, 5.74) is 1.01. The molecule has 0 aliphatic heterocycles. The maximum Gasteiger partial charge on any atom is 0.251 e. The molecule has 1 aromatic carbocycles. The highest BCUT2D eigenvalue weighted by atomic mass is 32.2. The molecule has 0 saturated carbocycles. The van der Waals surface area contributed by atoms with Crippen LogP contribution in [0.1, 0.15) is 42.9 Å². The molecule has 1 heterocycles. The summed E-state index contributed by atoms with van der Waals surface area (Å²) < 4.78 is 26.9. The van der Waals surface area contributed by atoms with Gasteiger partial charge in [-0.2, -0.15) is 0 Å². The summed E-state index contributed by atoms with van der Waals surface area (Å²) in [6.07, 6.45) is 1.66. The standard InChI is InChI=1S/C17H21N3O3S/c1-12(2)20-24(22,23)15-8-6-7-14(11-15)17(21)19-13(3)16-9-4-5-10-18-16/h4-13,20H,1-3H3,(H,19,21). The minimum Gasteiger partial charge on any atom is -0.344 e. The van der Waals surface area contributed by atoms with Crippen LogP contribution in [-0.4, -0.2) is 25.4 Å². The van der Waals surface area contributed by atoms with Crippen LogP contribution in [0.3, 0.4) is 0 Å². The number of nitrogens with one attached hydrogen (secondary N) is 2. The molecule has 128 valence electrons. The van der Waals surface area contributed by atoms with Crippen molar-refractivity contribution in [2.75, 3.05) is 0 Å². The van der Waals surface area contributed by atoms with Gasteiger partial charge in [0, 0.05) is 17.8 Å².